The second kappa shape index (κ2) is 6.12. The topological polar surface area (TPSA) is 84.2 Å². The van der Waals surface area contributed by atoms with Gasteiger partial charge in [-0.3, -0.25) is 9.59 Å². The minimum Gasteiger partial charge on any atom is -0.398 e. The molecule has 1 fully saturated rings. The number of hydrogen-bond acceptors (Lipinski definition) is 3. The number of amides is 2. The van der Waals surface area contributed by atoms with Crippen molar-refractivity contribution in [1.82, 2.24) is 5.32 Å². The van der Waals surface area contributed by atoms with Crippen molar-refractivity contribution in [2.75, 3.05) is 11.1 Å². The van der Waals surface area contributed by atoms with Crippen LogP contribution in [-0.2, 0) is 0 Å². The SMILES string of the molecule is Cc1ccc(C(=O)NC2CC2)cc1NC(=O)c1ccccc1N. The number of nitrogens with one attached hydrogen (secondary N) is 2. The van der Waals surface area contributed by atoms with E-state index < -0.39 is 0 Å². The minimum atomic E-state index is -0.286. The highest BCUT2D eigenvalue weighted by atomic mass is 16.2. The molecule has 0 spiro atoms. The Kier molecular flexibility index (Phi) is 4.02. The first-order valence-corrected chi connectivity index (χ1v) is 7.62. The van der Waals surface area contributed by atoms with Crippen molar-refractivity contribution >= 4 is 23.2 Å². The molecule has 118 valence electrons. The van der Waals surface area contributed by atoms with E-state index in [2.05, 4.69) is 10.6 Å². The van der Waals surface area contributed by atoms with Gasteiger partial charge < -0.3 is 16.4 Å². The molecule has 0 unspecified atom stereocenters. The Labute approximate surface area is 134 Å². The Balaban J connectivity index is 1.80. The zero-order valence-corrected chi connectivity index (χ0v) is 12.9. The van der Waals surface area contributed by atoms with Gasteiger partial charge in [0.1, 0.15) is 0 Å². The van der Waals surface area contributed by atoms with Gasteiger partial charge in [-0.2, -0.15) is 0 Å². The Bertz CT molecular complexity index is 767. The van der Waals surface area contributed by atoms with Gasteiger partial charge in [-0.15, -0.1) is 0 Å². The first-order valence-electron chi connectivity index (χ1n) is 7.62. The average Bonchev–Trinajstić information content (AvgIpc) is 3.33. The van der Waals surface area contributed by atoms with Crippen molar-refractivity contribution in [2.45, 2.75) is 25.8 Å². The highest BCUT2D eigenvalue weighted by molar-refractivity contribution is 6.08. The standard InChI is InChI=1S/C18H19N3O2/c1-11-6-7-12(17(22)20-13-8-9-13)10-16(11)21-18(23)14-4-2-3-5-15(14)19/h2-7,10,13H,8-9,19H2,1H3,(H,20,22)(H,21,23). The maximum absolute atomic E-state index is 12.4. The number of nitrogens with two attached hydrogens (primary N) is 1. The van der Waals surface area contributed by atoms with Gasteiger partial charge >= 0.3 is 0 Å². The van der Waals surface area contributed by atoms with E-state index in [0.717, 1.165) is 18.4 Å². The Hall–Kier alpha value is -2.82. The molecule has 4 N–H and O–H groups in total. The summed E-state index contributed by atoms with van der Waals surface area (Å²) < 4.78 is 0. The van der Waals surface area contributed by atoms with Crippen molar-refractivity contribution < 1.29 is 9.59 Å². The summed E-state index contributed by atoms with van der Waals surface area (Å²) in [6.45, 7) is 1.88. The molecule has 5 nitrogen and oxygen atoms in total. The number of carbonyl (C=O) groups excluding carboxylic acids is 2. The van der Waals surface area contributed by atoms with Crippen LogP contribution in [0.5, 0.6) is 0 Å². The maximum Gasteiger partial charge on any atom is 0.257 e. The van der Waals surface area contributed by atoms with E-state index in [1.807, 2.05) is 13.0 Å². The summed E-state index contributed by atoms with van der Waals surface area (Å²) in [7, 11) is 0. The second-order valence-corrected chi connectivity index (χ2v) is 5.82. The van der Waals surface area contributed by atoms with Gasteiger partial charge in [-0.1, -0.05) is 18.2 Å². The van der Waals surface area contributed by atoms with Gasteiger partial charge in [0.25, 0.3) is 11.8 Å². The number of carbonyl (C=O) groups is 2. The number of nitrogen functional groups attached to an aromatic ring is 1. The molecule has 0 bridgehead atoms. The Morgan fingerprint density at radius 3 is 2.52 bits per heavy atom. The molecule has 0 atom stereocenters. The maximum atomic E-state index is 12.4. The molecule has 1 aliphatic rings. The lowest BCUT2D eigenvalue weighted by Gasteiger charge is -2.12. The number of aryl methyl sites for hydroxylation is 1. The van der Waals surface area contributed by atoms with Crippen LogP contribution in [0.3, 0.4) is 0 Å². The van der Waals surface area contributed by atoms with E-state index in [9.17, 15) is 9.59 Å². The molecule has 2 aromatic rings. The lowest BCUT2D eigenvalue weighted by molar-refractivity contribution is 0.0949. The van der Waals surface area contributed by atoms with E-state index in [1.54, 1.807) is 36.4 Å². The minimum absolute atomic E-state index is 0.109. The Morgan fingerprint density at radius 1 is 1.09 bits per heavy atom. The van der Waals surface area contributed by atoms with E-state index in [-0.39, 0.29) is 11.8 Å². The van der Waals surface area contributed by atoms with Gasteiger partial charge in [0.2, 0.25) is 0 Å². The van der Waals surface area contributed by atoms with E-state index in [4.69, 9.17) is 5.73 Å². The van der Waals surface area contributed by atoms with E-state index >= 15 is 0 Å². The molecule has 0 aromatic heterocycles. The van der Waals surface area contributed by atoms with Crippen LogP contribution >= 0.6 is 0 Å². The van der Waals surface area contributed by atoms with Crippen LogP contribution in [-0.4, -0.2) is 17.9 Å². The summed E-state index contributed by atoms with van der Waals surface area (Å²) >= 11 is 0. The molecule has 1 saturated carbocycles. The van der Waals surface area contributed by atoms with Crippen molar-refractivity contribution in [3.05, 3.63) is 59.2 Å². The van der Waals surface area contributed by atoms with Crippen LogP contribution < -0.4 is 16.4 Å². The molecule has 23 heavy (non-hydrogen) atoms. The van der Waals surface area contributed by atoms with Crippen LogP contribution in [0.25, 0.3) is 0 Å². The van der Waals surface area contributed by atoms with Gasteiger partial charge in [0.15, 0.2) is 0 Å². The summed E-state index contributed by atoms with van der Waals surface area (Å²) in [5.74, 6) is -0.395. The number of benzene rings is 2. The molecule has 1 aliphatic carbocycles. The quantitative estimate of drug-likeness (QED) is 0.759. The summed E-state index contributed by atoms with van der Waals surface area (Å²) in [4.78, 5) is 24.5. The van der Waals surface area contributed by atoms with Crippen LogP contribution in [0.2, 0.25) is 0 Å². The third-order valence-corrected chi connectivity index (χ3v) is 3.87. The monoisotopic (exact) mass is 309 g/mol. The largest absolute Gasteiger partial charge is 0.398 e. The summed E-state index contributed by atoms with van der Waals surface area (Å²) in [5, 5.41) is 5.77. The molecular weight excluding hydrogens is 290 g/mol. The molecule has 0 radical (unpaired) electrons. The van der Waals surface area contributed by atoms with Crippen LogP contribution in [0.1, 0.15) is 39.1 Å². The normalized spacial score (nSPS) is 13.4. The molecule has 0 aliphatic heterocycles. The Morgan fingerprint density at radius 2 is 1.83 bits per heavy atom. The number of anilines is 2. The third kappa shape index (κ3) is 3.51. The van der Waals surface area contributed by atoms with Gasteiger partial charge in [-0.25, -0.2) is 0 Å². The predicted molar refractivity (Wildman–Crippen MR) is 90.5 cm³/mol. The van der Waals surface area contributed by atoms with Crippen molar-refractivity contribution in [2.24, 2.45) is 0 Å². The van der Waals surface area contributed by atoms with Gasteiger partial charge in [-0.05, 0) is 49.6 Å². The third-order valence-electron chi connectivity index (χ3n) is 3.87. The lowest BCUT2D eigenvalue weighted by Crippen LogP contribution is -2.25. The average molecular weight is 309 g/mol. The van der Waals surface area contributed by atoms with E-state index in [1.165, 1.54) is 0 Å². The fourth-order valence-corrected chi connectivity index (χ4v) is 2.29. The zero-order valence-electron chi connectivity index (χ0n) is 12.9. The highest BCUT2D eigenvalue weighted by Crippen LogP contribution is 2.22. The smallest absolute Gasteiger partial charge is 0.257 e. The summed E-state index contributed by atoms with van der Waals surface area (Å²) in [6.07, 6.45) is 2.07. The van der Waals surface area contributed by atoms with Gasteiger partial charge in [0.05, 0.1) is 5.56 Å². The molecule has 0 heterocycles. The molecule has 5 heteroatoms. The molecule has 2 aromatic carbocycles. The van der Waals surface area contributed by atoms with Crippen LogP contribution in [0.4, 0.5) is 11.4 Å². The second-order valence-electron chi connectivity index (χ2n) is 5.82. The molecule has 2 amide bonds. The fraction of sp³-hybridized carbons (Fsp3) is 0.222. The highest BCUT2D eigenvalue weighted by Gasteiger charge is 2.24. The predicted octanol–water partition coefficient (Wildman–Crippen LogP) is 2.72. The molecule has 3 rings (SSSR count). The van der Waals surface area contributed by atoms with Crippen LogP contribution in [0, 0.1) is 6.92 Å². The summed E-state index contributed by atoms with van der Waals surface area (Å²) in [5.41, 5.74) is 8.70. The fourth-order valence-electron chi connectivity index (χ4n) is 2.29. The van der Waals surface area contributed by atoms with Crippen molar-refractivity contribution in [1.29, 1.82) is 0 Å². The number of para-hydroxylation sites is 1. The lowest BCUT2D eigenvalue weighted by atomic mass is 10.1. The molecule has 0 saturated heterocycles. The summed E-state index contributed by atoms with van der Waals surface area (Å²) in [6, 6.07) is 12.5. The van der Waals surface area contributed by atoms with Crippen molar-refractivity contribution in [3.63, 3.8) is 0 Å². The number of hydrogen-bond donors (Lipinski definition) is 3. The van der Waals surface area contributed by atoms with E-state index in [0.29, 0.717) is 28.5 Å². The number of rotatable bonds is 4. The van der Waals surface area contributed by atoms with Crippen molar-refractivity contribution in [3.8, 4) is 0 Å². The van der Waals surface area contributed by atoms with Gasteiger partial charge in [0, 0.05) is 23.0 Å². The molecular formula is C18H19N3O2. The van der Waals surface area contributed by atoms with Crippen LogP contribution in [0.15, 0.2) is 42.5 Å². The zero-order chi connectivity index (χ0) is 16.4. The first-order chi connectivity index (χ1) is 11.0. The first kappa shape index (κ1) is 15.1.